The van der Waals surface area contributed by atoms with E-state index in [4.69, 9.17) is 0 Å². The topological polar surface area (TPSA) is 41.1 Å². The van der Waals surface area contributed by atoms with E-state index in [0.717, 1.165) is 44.8 Å². The average molecular weight is 224 g/mol. The first kappa shape index (κ1) is 11.9. The third-order valence-corrected chi connectivity index (χ3v) is 4.26. The predicted molar refractivity (Wildman–Crippen MR) is 65.2 cm³/mol. The van der Waals surface area contributed by atoms with Crippen LogP contribution < -0.4 is 10.6 Å². The van der Waals surface area contributed by atoms with Crippen LogP contribution in [0.4, 0.5) is 0 Å². The van der Waals surface area contributed by atoms with Gasteiger partial charge in [-0.25, -0.2) is 0 Å². The van der Waals surface area contributed by atoms with Gasteiger partial charge in [0.1, 0.15) is 0 Å². The first-order valence-electron chi connectivity index (χ1n) is 6.70. The second kappa shape index (κ2) is 5.17. The Bertz CT molecular complexity index is 240. The maximum Gasteiger partial charge on any atom is 0.225 e. The largest absolute Gasteiger partial charge is 0.356 e. The van der Waals surface area contributed by atoms with Crippen molar-refractivity contribution in [1.82, 2.24) is 10.6 Å². The van der Waals surface area contributed by atoms with Crippen LogP contribution in [-0.4, -0.2) is 25.5 Å². The number of nitrogens with one attached hydrogen (secondary N) is 2. The fourth-order valence-corrected chi connectivity index (χ4v) is 2.95. The van der Waals surface area contributed by atoms with Crippen molar-refractivity contribution >= 4 is 5.91 Å². The summed E-state index contributed by atoms with van der Waals surface area (Å²) in [7, 11) is 0. The van der Waals surface area contributed by atoms with E-state index in [-0.39, 0.29) is 11.3 Å². The second-order valence-electron chi connectivity index (χ2n) is 5.67. The molecule has 0 aromatic carbocycles. The molecule has 1 aliphatic heterocycles. The van der Waals surface area contributed by atoms with Crippen LogP contribution in [0.3, 0.4) is 0 Å². The van der Waals surface area contributed by atoms with Crippen molar-refractivity contribution in [2.45, 2.75) is 45.4 Å². The average Bonchev–Trinajstić information content (AvgIpc) is 2.90. The van der Waals surface area contributed by atoms with Crippen LogP contribution in [-0.2, 0) is 4.79 Å². The molecule has 1 unspecified atom stereocenters. The van der Waals surface area contributed by atoms with E-state index >= 15 is 0 Å². The molecule has 2 N–H and O–H groups in total. The molecule has 0 aromatic heterocycles. The van der Waals surface area contributed by atoms with Crippen molar-refractivity contribution in [1.29, 1.82) is 0 Å². The lowest BCUT2D eigenvalue weighted by molar-refractivity contribution is -0.129. The summed E-state index contributed by atoms with van der Waals surface area (Å²) in [6.07, 6.45) is 6.99. The molecule has 1 heterocycles. The van der Waals surface area contributed by atoms with Gasteiger partial charge in [-0.2, -0.15) is 0 Å². The van der Waals surface area contributed by atoms with E-state index < -0.39 is 0 Å². The molecule has 0 aromatic rings. The monoisotopic (exact) mass is 224 g/mol. The summed E-state index contributed by atoms with van der Waals surface area (Å²) in [6.45, 7) is 5.26. The molecule has 0 spiro atoms. The Morgan fingerprint density at radius 2 is 2.19 bits per heavy atom. The summed E-state index contributed by atoms with van der Waals surface area (Å²) < 4.78 is 0. The summed E-state index contributed by atoms with van der Waals surface area (Å²) in [5.41, 5.74) is -0.0616. The zero-order valence-corrected chi connectivity index (χ0v) is 10.3. The number of rotatable bonds is 4. The quantitative estimate of drug-likeness (QED) is 0.763. The minimum Gasteiger partial charge on any atom is -0.356 e. The minimum absolute atomic E-state index is 0.0616. The standard InChI is InChI=1S/C13H24N2O/c1-13(6-2-3-7-13)12(16)15-9-5-11-4-8-14-10-11/h11,14H,2-10H2,1H3,(H,15,16). The highest BCUT2D eigenvalue weighted by Crippen LogP contribution is 2.37. The van der Waals surface area contributed by atoms with Crippen molar-refractivity contribution < 1.29 is 4.79 Å². The van der Waals surface area contributed by atoms with Crippen molar-refractivity contribution in [3.8, 4) is 0 Å². The van der Waals surface area contributed by atoms with Crippen molar-refractivity contribution in [2.75, 3.05) is 19.6 Å². The molecule has 0 radical (unpaired) electrons. The van der Waals surface area contributed by atoms with Gasteiger partial charge in [0.25, 0.3) is 0 Å². The number of hydrogen-bond acceptors (Lipinski definition) is 2. The lowest BCUT2D eigenvalue weighted by atomic mass is 9.88. The van der Waals surface area contributed by atoms with E-state index in [1.165, 1.54) is 19.3 Å². The van der Waals surface area contributed by atoms with Gasteiger partial charge in [0.15, 0.2) is 0 Å². The summed E-state index contributed by atoms with van der Waals surface area (Å²) in [5, 5.41) is 6.49. The molecule has 92 valence electrons. The highest BCUT2D eigenvalue weighted by molar-refractivity contribution is 5.82. The van der Waals surface area contributed by atoms with Gasteiger partial charge < -0.3 is 10.6 Å². The van der Waals surface area contributed by atoms with Crippen LogP contribution in [0.1, 0.15) is 45.4 Å². The van der Waals surface area contributed by atoms with Gasteiger partial charge in [-0.1, -0.05) is 19.8 Å². The molecule has 16 heavy (non-hydrogen) atoms. The molecule has 1 saturated carbocycles. The van der Waals surface area contributed by atoms with Crippen LogP contribution in [0.15, 0.2) is 0 Å². The molecule has 2 aliphatic rings. The van der Waals surface area contributed by atoms with Gasteiger partial charge >= 0.3 is 0 Å². The van der Waals surface area contributed by atoms with E-state index in [0.29, 0.717) is 0 Å². The Hall–Kier alpha value is -0.570. The lowest BCUT2D eigenvalue weighted by Crippen LogP contribution is -2.38. The predicted octanol–water partition coefficient (Wildman–Crippen LogP) is 1.68. The summed E-state index contributed by atoms with van der Waals surface area (Å²) in [5.74, 6) is 1.06. The highest BCUT2D eigenvalue weighted by atomic mass is 16.2. The molecule has 2 fully saturated rings. The fraction of sp³-hybridized carbons (Fsp3) is 0.923. The van der Waals surface area contributed by atoms with Crippen molar-refractivity contribution in [3.63, 3.8) is 0 Å². The summed E-state index contributed by atoms with van der Waals surface area (Å²) in [6, 6.07) is 0. The Morgan fingerprint density at radius 3 is 2.81 bits per heavy atom. The molecular formula is C13H24N2O. The van der Waals surface area contributed by atoms with Crippen molar-refractivity contribution in [2.24, 2.45) is 11.3 Å². The van der Waals surface area contributed by atoms with Crippen LogP contribution in [0, 0.1) is 11.3 Å². The fourth-order valence-electron chi connectivity index (χ4n) is 2.95. The maximum absolute atomic E-state index is 12.0. The Balaban J connectivity index is 1.67. The van der Waals surface area contributed by atoms with Gasteiger partial charge in [0.05, 0.1) is 0 Å². The third kappa shape index (κ3) is 2.76. The van der Waals surface area contributed by atoms with Crippen LogP contribution in [0.25, 0.3) is 0 Å². The molecule has 1 atom stereocenters. The molecule has 3 nitrogen and oxygen atoms in total. The van der Waals surface area contributed by atoms with Gasteiger partial charge in [0.2, 0.25) is 5.91 Å². The number of carbonyl (C=O) groups is 1. The Kier molecular flexibility index (Phi) is 3.85. The highest BCUT2D eigenvalue weighted by Gasteiger charge is 2.35. The SMILES string of the molecule is CC1(C(=O)NCCC2CCNC2)CCCC1. The minimum atomic E-state index is -0.0616. The smallest absolute Gasteiger partial charge is 0.225 e. The number of amides is 1. The van der Waals surface area contributed by atoms with Crippen LogP contribution in [0.2, 0.25) is 0 Å². The van der Waals surface area contributed by atoms with Crippen LogP contribution in [0.5, 0.6) is 0 Å². The first-order valence-corrected chi connectivity index (χ1v) is 6.70. The second-order valence-corrected chi connectivity index (χ2v) is 5.67. The van der Waals surface area contributed by atoms with Gasteiger partial charge in [-0.05, 0) is 44.7 Å². The third-order valence-electron chi connectivity index (χ3n) is 4.26. The summed E-state index contributed by atoms with van der Waals surface area (Å²) in [4.78, 5) is 12.0. The van der Waals surface area contributed by atoms with E-state index in [1.807, 2.05) is 0 Å². The zero-order chi connectivity index (χ0) is 11.4. The molecular weight excluding hydrogens is 200 g/mol. The van der Waals surface area contributed by atoms with E-state index in [9.17, 15) is 4.79 Å². The Labute approximate surface area is 98.4 Å². The van der Waals surface area contributed by atoms with Gasteiger partial charge in [-0.3, -0.25) is 4.79 Å². The number of hydrogen-bond donors (Lipinski definition) is 2. The lowest BCUT2D eigenvalue weighted by Gasteiger charge is -2.22. The molecule has 1 aliphatic carbocycles. The van der Waals surface area contributed by atoms with Crippen molar-refractivity contribution in [3.05, 3.63) is 0 Å². The maximum atomic E-state index is 12.0. The molecule has 1 amide bonds. The molecule has 2 rings (SSSR count). The first-order chi connectivity index (χ1) is 7.71. The van der Waals surface area contributed by atoms with Gasteiger partial charge in [0, 0.05) is 12.0 Å². The van der Waals surface area contributed by atoms with Gasteiger partial charge in [-0.15, -0.1) is 0 Å². The van der Waals surface area contributed by atoms with E-state index in [1.54, 1.807) is 0 Å². The molecule has 1 saturated heterocycles. The Morgan fingerprint density at radius 1 is 1.44 bits per heavy atom. The number of carbonyl (C=O) groups excluding carboxylic acids is 1. The zero-order valence-electron chi connectivity index (χ0n) is 10.3. The normalized spacial score (nSPS) is 28.2. The van der Waals surface area contributed by atoms with Crippen LogP contribution >= 0.6 is 0 Å². The summed E-state index contributed by atoms with van der Waals surface area (Å²) >= 11 is 0. The van der Waals surface area contributed by atoms with E-state index in [2.05, 4.69) is 17.6 Å². The molecule has 0 bridgehead atoms. The molecule has 3 heteroatoms.